The number of hydrogen-bond acceptors (Lipinski definition) is 5. The van der Waals surface area contributed by atoms with Gasteiger partial charge in [0, 0.05) is 6.54 Å². The Hall–Kier alpha value is -0.990. The first-order valence-corrected chi connectivity index (χ1v) is 8.32. The monoisotopic (exact) mass is 314 g/mol. The Morgan fingerprint density at radius 3 is 2.48 bits per heavy atom. The van der Waals surface area contributed by atoms with Crippen LogP contribution >= 0.6 is 0 Å². The molecule has 0 saturated carbocycles. The number of ether oxygens (including phenoxy) is 1. The highest BCUT2D eigenvalue weighted by molar-refractivity contribution is 7.89. The molecular formula is C14H22N2O4S. The van der Waals surface area contributed by atoms with E-state index in [1.165, 1.54) is 0 Å². The first-order chi connectivity index (χ1) is 9.81. The number of aliphatic hydroxyl groups is 1. The number of nitrogens with one attached hydrogen (secondary N) is 1. The SMILES string of the molecule is Cc1ccc(S(=O)(=O)NCC2OCC(N(C)C)C2O)cc1. The van der Waals surface area contributed by atoms with E-state index in [2.05, 4.69) is 4.72 Å². The minimum atomic E-state index is -3.58. The van der Waals surface area contributed by atoms with Gasteiger partial charge in [-0.1, -0.05) is 17.7 Å². The van der Waals surface area contributed by atoms with E-state index in [9.17, 15) is 13.5 Å². The van der Waals surface area contributed by atoms with Crippen LogP contribution in [0.15, 0.2) is 29.2 Å². The third kappa shape index (κ3) is 3.81. The molecule has 0 aliphatic carbocycles. The zero-order valence-electron chi connectivity index (χ0n) is 12.5. The van der Waals surface area contributed by atoms with Gasteiger partial charge in [-0.05, 0) is 33.2 Å². The minimum Gasteiger partial charge on any atom is -0.389 e. The molecule has 1 saturated heterocycles. The first kappa shape index (κ1) is 16.4. The highest BCUT2D eigenvalue weighted by atomic mass is 32.2. The summed E-state index contributed by atoms with van der Waals surface area (Å²) in [7, 11) is 0.134. The van der Waals surface area contributed by atoms with Gasteiger partial charge in [-0.2, -0.15) is 0 Å². The molecule has 0 aromatic heterocycles. The Bertz CT molecular complexity index is 571. The molecule has 1 aromatic rings. The van der Waals surface area contributed by atoms with E-state index < -0.39 is 22.2 Å². The molecule has 0 bridgehead atoms. The molecule has 0 amide bonds. The van der Waals surface area contributed by atoms with Crippen LogP contribution in [0.4, 0.5) is 0 Å². The summed E-state index contributed by atoms with van der Waals surface area (Å²) in [6.07, 6.45) is -1.24. The molecule has 0 radical (unpaired) electrons. The van der Waals surface area contributed by atoms with Crippen LogP contribution in [0.5, 0.6) is 0 Å². The summed E-state index contributed by atoms with van der Waals surface area (Å²) in [5.41, 5.74) is 0.998. The lowest BCUT2D eigenvalue weighted by molar-refractivity contribution is 0.0401. The topological polar surface area (TPSA) is 78.9 Å². The molecule has 21 heavy (non-hydrogen) atoms. The van der Waals surface area contributed by atoms with Crippen molar-refractivity contribution in [2.75, 3.05) is 27.2 Å². The van der Waals surface area contributed by atoms with Gasteiger partial charge in [0.15, 0.2) is 0 Å². The molecule has 2 rings (SSSR count). The fourth-order valence-corrected chi connectivity index (χ4v) is 3.34. The number of benzene rings is 1. The van der Waals surface area contributed by atoms with Crippen molar-refractivity contribution in [1.82, 2.24) is 9.62 Å². The smallest absolute Gasteiger partial charge is 0.240 e. The van der Waals surface area contributed by atoms with Crippen LogP contribution in [0.1, 0.15) is 5.56 Å². The van der Waals surface area contributed by atoms with Crippen molar-refractivity contribution >= 4 is 10.0 Å². The molecule has 1 aliphatic heterocycles. The predicted molar refractivity (Wildman–Crippen MR) is 79.6 cm³/mol. The Morgan fingerprint density at radius 1 is 1.33 bits per heavy atom. The average Bonchev–Trinajstić information content (AvgIpc) is 2.78. The van der Waals surface area contributed by atoms with Gasteiger partial charge in [0.25, 0.3) is 0 Å². The molecule has 6 nitrogen and oxygen atoms in total. The van der Waals surface area contributed by atoms with Gasteiger partial charge in [-0.15, -0.1) is 0 Å². The second-order valence-electron chi connectivity index (χ2n) is 5.56. The quantitative estimate of drug-likeness (QED) is 0.797. The van der Waals surface area contributed by atoms with Gasteiger partial charge in [0.2, 0.25) is 10.0 Å². The van der Waals surface area contributed by atoms with Crippen molar-refractivity contribution < 1.29 is 18.3 Å². The summed E-state index contributed by atoms with van der Waals surface area (Å²) in [4.78, 5) is 2.09. The van der Waals surface area contributed by atoms with E-state index in [0.29, 0.717) is 6.61 Å². The van der Waals surface area contributed by atoms with Crippen LogP contribution in [0.25, 0.3) is 0 Å². The molecule has 1 heterocycles. The van der Waals surface area contributed by atoms with Crippen molar-refractivity contribution in [3.63, 3.8) is 0 Å². The average molecular weight is 314 g/mol. The van der Waals surface area contributed by atoms with E-state index in [-0.39, 0.29) is 17.5 Å². The van der Waals surface area contributed by atoms with Gasteiger partial charge >= 0.3 is 0 Å². The number of aryl methyl sites for hydroxylation is 1. The number of nitrogens with zero attached hydrogens (tertiary/aromatic N) is 1. The molecule has 1 fully saturated rings. The summed E-state index contributed by atoms with van der Waals surface area (Å²) in [6.45, 7) is 2.35. The zero-order valence-corrected chi connectivity index (χ0v) is 13.3. The fourth-order valence-electron chi connectivity index (χ4n) is 2.29. The fraction of sp³-hybridized carbons (Fsp3) is 0.571. The normalized spacial score (nSPS) is 26.4. The van der Waals surface area contributed by atoms with Gasteiger partial charge in [0.05, 0.1) is 29.8 Å². The summed E-state index contributed by atoms with van der Waals surface area (Å²) in [6, 6.07) is 6.51. The standard InChI is InChI=1S/C14H22N2O4S/c1-10-4-6-11(7-5-10)21(18,19)15-8-13-14(17)12(9-20-13)16(2)3/h4-7,12-15,17H,8-9H2,1-3H3. The van der Waals surface area contributed by atoms with Crippen molar-refractivity contribution in [3.05, 3.63) is 29.8 Å². The Morgan fingerprint density at radius 2 is 1.95 bits per heavy atom. The van der Waals surface area contributed by atoms with Crippen molar-refractivity contribution in [2.24, 2.45) is 0 Å². The second kappa shape index (κ2) is 6.41. The maximum atomic E-state index is 12.2. The second-order valence-corrected chi connectivity index (χ2v) is 7.33. The van der Waals surface area contributed by atoms with Crippen LogP contribution in [-0.2, 0) is 14.8 Å². The van der Waals surface area contributed by atoms with Crippen LogP contribution in [-0.4, -0.2) is 63.9 Å². The van der Waals surface area contributed by atoms with Gasteiger partial charge in [-0.25, -0.2) is 13.1 Å². The third-order valence-corrected chi connectivity index (χ3v) is 5.16. The number of hydrogen-bond donors (Lipinski definition) is 2. The number of aliphatic hydroxyl groups excluding tert-OH is 1. The summed E-state index contributed by atoms with van der Waals surface area (Å²) < 4.78 is 32.3. The summed E-state index contributed by atoms with van der Waals surface area (Å²) in [5, 5.41) is 10.1. The number of rotatable bonds is 5. The molecule has 1 aromatic carbocycles. The lowest BCUT2D eigenvalue weighted by atomic mass is 10.1. The predicted octanol–water partition coefficient (Wildman–Crippen LogP) is -0.0368. The minimum absolute atomic E-state index is 0.0573. The summed E-state index contributed by atoms with van der Waals surface area (Å²) >= 11 is 0. The number of likely N-dealkylation sites (N-methyl/N-ethyl adjacent to an activating group) is 1. The van der Waals surface area contributed by atoms with E-state index in [4.69, 9.17) is 4.74 Å². The van der Waals surface area contributed by atoms with E-state index in [1.807, 2.05) is 25.9 Å². The lowest BCUT2D eigenvalue weighted by Gasteiger charge is -2.22. The molecule has 1 aliphatic rings. The van der Waals surface area contributed by atoms with E-state index in [1.54, 1.807) is 24.3 Å². The first-order valence-electron chi connectivity index (χ1n) is 6.83. The number of sulfonamides is 1. The van der Waals surface area contributed by atoms with Gasteiger partial charge < -0.3 is 14.7 Å². The Balaban J connectivity index is 1.98. The van der Waals surface area contributed by atoms with Gasteiger partial charge in [0.1, 0.15) is 0 Å². The van der Waals surface area contributed by atoms with Crippen LogP contribution in [0.3, 0.4) is 0 Å². The maximum absolute atomic E-state index is 12.2. The Kier molecular flexibility index (Phi) is 5.00. The molecule has 3 unspecified atom stereocenters. The maximum Gasteiger partial charge on any atom is 0.240 e. The molecule has 3 atom stereocenters. The van der Waals surface area contributed by atoms with Crippen molar-refractivity contribution in [1.29, 1.82) is 0 Å². The van der Waals surface area contributed by atoms with E-state index >= 15 is 0 Å². The summed E-state index contributed by atoms with van der Waals surface area (Å²) in [5.74, 6) is 0. The zero-order chi connectivity index (χ0) is 15.6. The molecule has 2 N–H and O–H groups in total. The molecule has 118 valence electrons. The highest BCUT2D eigenvalue weighted by Gasteiger charge is 2.37. The van der Waals surface area contributed by atoms with Crippen molar-refractivity contribution in [2.45, 2.75) is 30.1 Å². The van der Waals surface area contributed by atoms with Crippen molar-refractivity contribution in [3.8, 4) is 0 Å². The van der Waals surface area contributed by atoms with Gasteiger partial charge in [-0.3, -0.25) is 0 Å². The lowest BCUT2D eigenvalue weighted by Crippen LogP contribution is -2.44. The van der Waals surface area contributed by atoms with Crippen LogP contribution in [0, 0.1) is 6.92 Å². The van der Waals surface area contributed by atoms with Crippen LogP contribution in [0.2, 0.25) is 0 Å². The van der Waals surface area contributed by atoms with Crippen LogP contribution < -0.4 is 4.72 Å². The largest absolute Gasteiger partial charge is 0.389 e. The molecule has 7 heteroatoms. The highest BCUT2D eigenvalue weighted by Crippen LogP contribution is 2.18. The molecular weight excluding hydrogens is 292 g/mol. The molecule has 0 spiro atoms. The van der Waals surface area contributed by atoms with E-state index in [0.717, 1.165) is 5.56 Å². The third-order valence-electron chi connectivity index (χ3n) is 3.73. The Labute approximate surface area is 125 Å².